The van der Waals surface area contributed by atoms with Gasteiger partial charge in [-0.15, -0.1) is 5.10 Å². The van der Waals surface area contributed by atoms with Crippen molar-refractivity contribution in [2.75, 3.05) is 17.7 Å². The molecule has 1 aliphatic rings. The first-order valence-electron chi connectivity index (χ1n) is 13.2. The van der Waals surface area contributed by atoms with E-state index in [0.29, 0.717) is 46.8 Å². The highest BCUT2D eigenvalue weighted by Crippen LogP contribution is 2.38. The van der Waals surface area contributed by atoms with Crippen LogP contribution in [-0.4, -0.2) is 32.8 Å². The maximum absolute atomic E-state index is 13.9. The van der Waals surface area contributed by atoms with E-state index in [9.17, 15) is 4.79 Å². The number of hydrogen-bond acceptors (Lipinski definition) is 7. The Morgan fingerprint density at radius 3 is 2.63 bits per heavy atom. The largest absolute Gasteiger partial charge is 0.495 e. The van der Waals surface area contributed by atoms with E-state index >= 15 is 0 Å². The zero-order valence-electron chi connectivity index (χ0n) is 22.6. The van der Waals surface area contributed by atoms with E-state index < -0.39 is 6.04 Å². The summed E-state index contributed by atoms with van der Waals surface area (Å²) in [7, 11) is 1.57. The van der Waals surface area contributed by atoms with Gasteiger partial charge in [-0.25, -0.2) is 4.68 Å². The van der Waals surface area contributed by atoms with Crippen molar-refractivity contribution in [3.63, 3.8) is 0 Å². The summed E-state index contributed by atoms with van der Waals surface area (Å²) in [5, 5.41) is 11.1. The second-order valence-corrected chi connectivity index (χ2v) is 9.51. The van der Waals surface area contributed by atoms with Crippen molar-refractivity contribution in [3.8, 4) is 22.9 Å². The van der Waals surface area contributed by atoms with E-state index in [1.54, 1.807) is 36.3 Å². The molecule has 0 fully saturated rings. The Balaban J connectivity index is 1.40. The molecule has 2 aromatic heterocycles. The molecular formula is C32H28N6O3. The lowest BCUT2D eigenvalue weighted by Gasteiger charge is -2.29. The maximum atomic E-state index is 13.9. The summed E-state index contributed by atoms with van der Waals surface area (Å²) in [5.74, 6) is 1.98. The molecule has 6 rings (SSSR count). The molecule has 0 aliphatic carbocycles. The van der Waals surface area contributed by atoms with Crippen molar-refractivity contribution in [1.29, 1.82) is 0 Å². The van der Waals surface area contributed by atoms with Gasteiger partial charge in [0, 0.05) is 23.7 Å². The lowest BCUT2D eigenvalue weighted by atomic mass is 9.94. The van der Waals surface area contributed by atoms with Crippen LogP contribution in [0.25, 0.3) is 11.4 Å². The molecule has 1 atom stereocenters. The smallest absolute Gasteiger partial charge is 0.255 e. The topological polar surface area (TPSA) is 103 Å². The van der Waals surface area contributed by atoms with Crippen molar-refractivity contribution >= 4 is 17.5 Å². The Bertz CT molecular complexity index is 1720. The van der Waals surface area contributed by atoms with Gasteiger partial charge in [0.1, 0.15) is 24.1 Å². The van der Waals surface area contributed by atoms with Crippen molar-refractivity contribution in [2.24, 2.45) is 0 Å². The molecule has 1 amide bonds. The molecule has 2 N–H and O–H groups in total. The molecule has 5 aromatic rings. The van der Waals surface area contributed by atoms with Gasteiger partial charge >= 0.3 is 0 Å². The summed E-state index contributed by atoms with van der Waals surface area (Å²) in [6, 6.07) is 28.2. The second kappa shape index (κ2) is 11.4. The predicted molar refractivity (Wildman–Crippen MR) is 157 cm³/mol. The van der Waals surface area contributed by atoms with E-state index in [4.69, 9.17) is 19.6 Å². The fraction of sp³-hybridized carbons (Fsp3) is 0.125. The maximum Gasteiger partial charge on any atom is 0.255 e. The number of amides is 1. The number of methoxy groups -OCH3 is 1. The quantitative estimate of drug-likeness (QED) is 0.252. The molecule has 3 aromatic carbocycles. The molecule has 0 spiro atoms. The van der Waals surface area contributed by atoms with Gasteiger partial charge in [0.25, 0.3) is 5.91 Å². The third-order valence-corrected chi connectivity index (χ3v) is 6.79. The SMILES string of the molecule is COc1ccccc1NC(=O)C1=C(C)Nc2nc(-c3cccnc3)nn2C1c1cccc(OCc2ccccc2)c1. The number of nitrogens with zero attached hydrogens (tertiary/aromatic N) is 4. The Kier molecular flexibility index (Phi) is 7.15. The number of carbonyl (C=O) groups excluding carboxylic acids is 1. The molecule has 204 valence electrons. The summed E-state index contributed by atoms with van der Waals surface area (Å²) in [6.07, 6.45) is 3.41. The van der Waals surface area contributed by atoms with E-state index in [1.165, 1.54) is 0 Å². The predicted octanol–water partition coefficient (Wildman–Crippen LogP) is 5.86. The fourth-order valence-electron chi connectivity index (χ4n) is 4.82. The number of benzene rings is 3. The standard InChI is InChI=1S/C32H28N6O3/c1-21-28(31(39)35-26-15-6-7-16-27(26)40-2)29(38-32(34-21)36-30(37-38)24-13-9-17-33-19-24)23-12-8-14-25(18-23)41-20-22-10-4-3-5-11-22/h3-19,29H,20H2,1-2H3,(H,35,39)(H,34,36,37). The third kappa shape index (κ3) is 5.38. The Hall–Kier alpha value is -5.44. The minimum Gasteiger partial charge on any atom is -0.495 e. The molecule has 9 heteroatoms. The van der Waals surface area contributed by atoms with Crippen molar-refractivity contribution in [1.82, 2.24) is 19.7 Å². The van der Waals surface area contributed by atoms with Gasteiger partial charge in [0.15, 0.2) is 5.82 Å². The number of pyridine rings is 1. The molecule has 0 saturated carbocycles. The lowest BCUT2D eigenvalue weighted by molar-refractivity contribution is -0.113. The first kappa shape index (κ1) is 25.8. The van der Waals surface area contributed by atoms with Gasteiger partial charge in [-0.3, -0.25) is 9.78 Å². The van der Waals surface area contributed by atoms with E-state index in [-0.39, 0.29) is 5.91 Å². The average molecular weight is 545 g/mol. The monoisotopic (exact) mass is 544 g/mol. The first-order chi connectivity index (χ1) is 20.1. The van der Waals surface area contributed by atoms with Crippen molar-refractivity contribution in [3.05, 3.63) is 126 Å². The number of para-hydroxylation sites is 2. The van der Waals surface area contributed by atoms with Crippen LogP contribution in [0.4, 0.5) is 11.6 Å². The number of nitrogens with one attached hydrogen (secondary N) is 2. The number of ether oxygens (including phenoxy) is 2. The van der Waals surface area contributed by atoms with Crippen LogP contribution in [0.2, 0.25) is 0 Å². The van der Waals surface area contributed by atoms with Crippen LogP contribution in [0, 0.1) is 0 Å². The highest BCUT2D eigenvalue weighted by molar-refractivity contribution is 6.06. The number of fused-ring (bicyclic) bond motifs is 1. The molecule has 0 radical (unpaired) electrons. The molecule has 1 unspecified atom stereocenters. The number of anilines is 2. The Morgan fingerprint density at radius 1 is 1.00 bits per heavy atom. The first-order valence-corrected chi connectivity index (χ1v) is 13.2. The number of hydrogen-bond donors (Lipinski definition) is 2. The van der Waals surface area contributed by atoms with Gasteiger partial charge in [-0.2, -0.15) is 4.98 Å². The van der Waals surface area contributed by atoms with Crippen LogP contribution >= 0.6 is 0 Å². The number of carbonyl (C=O) groups is 1. The number of rotatable bonds is 8. The minimum absolute atomic E-state index is 0.288. The van der Waals surface area contributed by atoms with Crippen LogP contribution in [0.3, 0.4) is 0 Å². The number of allylic oxidation sites excluding steroid dienone is 1. The van der Waals surface area contributed by atoms with Crippen LogP contribution < -0.4 is 20.1 Å². The van der Waals surface area contributed by atoms with Gasteiger partial charge < -0.3 is 20.1 Å². The molecule has 9 nitrogen and oxygen atoms in total. The normalized spacial score (nSPS) is 14.1. The summed E-state index contributed by atoms with van der Waals surface area (Å²) < 4.78 is 13.3. The molecule has 41 heavy (non-hydrogen) atoms. The summed E-state index contributed by atoms with van der Waals surface area (Å²) in [4.78, 5) is 22.9. The highest BCUT2D eigenvalue weighted by atomic mass is 16.5. The number of aromatic nitrogens is 4. The summed E-state index contributed by atoms with van der Waals surface area (Å²) in [5.41, 5.74) is 4.38. The lowest BCUT2D eigenvalue weighted by Crippen LogP contribution is -2.31. The Morgan fingerprint density at radius 2 is 1.83 bits per heavy atom. The molecule has 0 saturated heterocycles. The molecular weight excluding hydrogens is 516 g/mol. The summed E-state index contributed by atoms with van der Waals surface area (Å²) >= 11 is 0. The molecule has 3 heterocycles. The van der Waals surface area contributed by atoms with E-state index in [0.717, 1.165) is 16.7 Å². The average Bonchev–Trinajstić information content (AvgIpc) is 3.44. The van der Waals surface area contributed by atoms with E-state index in [2.05, 4.69) is 15.6 Å². The van der Waals surface area contributed by atoms with E-state index in [1.807, 2.05) is 85.8 Å². The minimum atomic E-state index is -0.584. The van der Waals surface area contributed by atoms with Gasteiger partial charge in [-0.1, -0.05) is 54.6 Å². The molecule has 1 aliphatic heterocycles. The van der Waals surface area contributed by atoms with Crippen molar-refractivity contribution in [2.45, 2.75) is 19.6 Å². The zero-order chi connectivity index (χ0) is 28.2. The van der Waals surface area contributed by atoms with Gasteiger partial charge in [0.2, 0.25) is 5.95 Å². The van der Waals surface area contributed by atoms with Gasteiger partial charge in [0.05, 0.1) is 18.4 Å². The fourth-order valence-corrected chi connectivity index (χ4v) is 4.82. The van der Waals surface area contributed by atoms with Crippen LogP contribution in [0.5, 0.6) is 11.5 Å². The van der Waals surface area contributed by atoms with Crippen LogP contribution in [0.1, 0.15) is 24.1 Å². The molecule has 0 bridgehead atoms. The van der Waals surface area contributed by atoms with Crippen LogP contribution in [0.15, 0.2) is 115 Å². The third-order valence-electron chi connectivity index (χ3n) is 6.79. The second-order valence-electron chi connectivity index (χ2n) is 9.51. The zero-order valence-corrected chi connectivity index (χ0v) is 22.6. The van der Waals surface area contributed by atoms with Gasteiger partial charge in [-0.05, 0) is 54.4 Å². The van der Waals surface area contributed by atoms with Crippen molar-refractivity contribution < 1.29 is 14.3 Å². The highest BCUT2D eigenvalue weighted by Gasteiger charge is 2.35. The van der Waals surface area contributed by atoms with Crippen LogP contribution in [-0.2, 0) is 11.4 Å². The summed E-state index contributed by atoms with van der Waals surface area (Å²) in [6.45, 7) is 2.29. The Labute approximate surface area is 237 Å².